The highest BCUT2D eigenvalue weighted by Crippen LogP contribution is 2.50. The first-order valence-corrected chi connectivity index (χ1v) is 9.34. The Morgan fingerprint density at radius 3 is 2.84 bits per heavy atom. The third-order valence-electron chi connectivity index (χ3n) is 6.66. The van der Waals surface area contributed by atoms with Crippen LogP contribution in [0, 0.1) is 23.2 Å². The van der Waals surface area contributed by atoms with Crippen LogP contribution in [0.2, 0.25) is 0 Å². The quantitative estimate of drug-likeness (QED) is 0.794. The maximum atomic E-state index is 10.6. The summed E-state index contributed by atoms with van der Waals surface area (Å²) in [6, 6.07) is 8.12. The molecule has 1 aliphatic heterocycles. The van der Waals surface area contributed by atoms with Crippen LogP contribution in [0.3, 0.4) is 0 Å². The molecule has 2 bridgehead atoms. The molecule has 2 heterocycles. The molecular formula is C20H24N4O. The Morgan fingerprint density at radius 1 is 1.28 bits per heavy atom. The van der Waals surface area contributed by atoms with E-state index in [9.17, 15) is 5.11 Å². The number of imidazole rings is 1. The Kier molecular flexibility index (Phi) is 3.21. The van der Waals surface area contributed by atoms with Crippen LogP contribution in [0.5, 0.6) is 0 Å². The third kappa shape index (κ3) is 2.21. The number of nitrogens with zero attached hydrogens (tertiary/aromatic N) is 2. The van der Waals surface area contributed by atoms with Crippen LogP contribution in [0.4, 0.5) is 0 Å². The zero-order valence-electron chi connectivity index (χ0n) is 14.5. The van der Waals surface area contributed by atoms with Crippen LogP contribution in [0.15, 0.2) is 30.0 Å². The lowest BCUT2D eigenvalue weighted by Gasteiger charge is -2.35. The van der Waals surface area contributed by atoms with Gasteiger partial charge in [0.15, 0.2) is 0 Å². The summed E-state index contributed by atoms with van der Waals surface area (Å²) in [6.07, 6.45) is 5.39. The van der Waals surface area contributed by atoms with Crippen LogP contribution in [-0.2, 0) is 0 Å². The van der Waals surface area contributed by atoms with Crippen LogP contribution in [0.1, 0.15) is 38.4 Å². The van der Waals surface area contributed by atoms with Crippen molar-refractivity contribution in [2.75, 3.05) is 6.54 Å². The van der Waals surface area contributed by atoms with E-state index in [2.05, 4.69) is 21.8 Å². The predicted molar refractivity (Wildman–Crippen MR) is 98.5 cm³/mol. The van der Waals surface area contributed by atoms with Crippen molar-refractivity contribution >= 4 is 22.4 Å². The Morgan fingerprint density at radius 2 is 2.12 bits per heavy atom. The number of rotatable bonds is 3. The summed E-state index contributed by atoms with van der Waals surface area (Å²) in [5.74, 6) is 3.63. The fraction of sp³-hybridized carbons (Fsp3) is 0.500. The molecule has 0 amide bonds. The standard InChI is InChI=1S/C20H24N4O/c1-11(14-9-12-6-7-13(14)8-12)24-10-17(25)18(19(24)21)20-22-15-4-2-3-5-16(15)23-20/h2-5,11-14,21,25H,6-10H2,1H3,(H,22,23)/t11-,12-,13-,14+/m0/s1. The number of aliphatic hydroxyl groups excluding tert-OH is 1. The molecule has 5 heteroatoms. The number of aliphatic hydroxyl groups is 1. The molecule has 2 aromatic rings. The second-order valence-electron chi connectivity index (χ2n) is 7.98. The van der Waals surface area contributed by atoms with Crippen LogP contribution in [-0.4, -0.2) is 38.4 Å². The van der Waals surface area contributed by atoms with Crippen LogP contribution < -0.4 is 0 Å². The second kappa shape index (κ2) is 5.35. The van der Waals surface area contributed by atoms with E-state index in [1.54, 1.807) is 0 Å². The van der Waals surface area contributed by atoms with Gasteiger partial charge in [0.2, 0.25) is 0 Å². The highest BCUT2D eigenvalue weighted by molar-refractivity contribution is 6.23. The molecule has 130 valence electrons. The minimum atomic E-state index is 0.263. The lowest BCUT2D eigenvalue weighted by Crippen LogP contribution is -2.42. The number of para-hydroxylation sites is 2. The molecule has 1 aromatic heterocycles. The zero-order valence-corrected chi connectivity index (χ0v) is 14.5. The van der Waals surface area contributed by atoms with E-state index in [-0.39, 0.29) is 5.76 Å². The molecule has 3 N–H and O–H groups in total. The average Bonchev–Trinajstić information content (AvgIpc) is 3.36. The largest absolute Gasteiger partial charge is 0.510 e. The summed E-state index contributed by atoms with van der Waals surface area (Å²) in [4.78, 5) is 9.91. The summed E-state index contributed by atoms with van der Waals surface area (Å²) < 4.78 is 0. The Hall–Kier alpha value is -2.30. The number of hydrogen-bond donors (Lipinski definition) is 3. The summed E-state index contributed by atoms with van der Waals surface area (Å²) in [6.45, 7) is 2.66. The monoisotopic (exact) mass is 336 g/mol. The normalized spacial score (nSPS) is 30.0. The summed E-state index contributed by atoms with van der Waals surface area (Å²) in [5, 5.41) is 19.3. The molecule has 0 saturated heterocycles. The van der Waals surface area contributed by atoms with E-state index < -0.39 is 0 Å². The fourth-order valence-electron chi connectivity index (χ4n) is 5.38. The molecule has 1 aromatic carbocycles. The first-order valence-electron chi connectivity index (χ1n) is 9.34. The van der Waals surface area contributed by atoms with E-state index >= 15 is 0 Å². The first-order chi connectivity index (χ1) is 12.1. The molecule has 0 spiro atoms. The van der Waals surface area contributed by atoms with Gasteiger partial charge in [-0.1, -0.05) is 18.6 Å². The highest BCUT2D eigenvalue weighted by Gasteiger charge is 2.45. The van der Waals surface area contributed by atoms with Gasteiger partial charge in [-0.15, -0.1) is 0 Å². The first kappa shape index (κ1) is 15.0. The number of benzene rings is 1. The van der Waals surface area contributed by atoms with Gasteiger partial charge >= 0.3 is 0 Å². The van der Waals surface area contributed by atoms with Crippen molar-refractivity contribution in [3.8, 4) is 0 Å². The van der Waals surface area contributed by atoms with Crippen molar-refractivity contribution in [3.63, 3.8) is 0 Å². The van der Waals surface area contributed by atoms with Gasteiger partial charge in [-0.3, -0.25) is 5.41 Å². The second-order valence-corrected chi connectivity index (χ2v) is 7.98. The predicted octanol–water partition coefficient (Wildman–Crippen LogP) is 3.95. The zero-order chi connectivity index (χ0) is 17.1. The van der Waals surface area contributed by atoms with Gasteiger partial charge in [0.05, 0.1) is 23.2 Å². The van der Waals surface area contributed by atoms with Crippen molar-refractivity contribution in [2.24, 2.45) is 17.8 Å². The molecule has 25 heavy (non-hydrogen) atoms. The summed E-state index contributed by atoms with van der Waals surface area (Å²) in [7, 11) is 0. The molecule has 3 aliphatic rings. The minimum Gasteiger partial charge on any atom is -0.510 e. The minimum absolute atomic E-state index is 0.263. The molecule has 2 fully saturated rings. The van der Waals surface area contributed by atoms with Crippen molar-refractivity contribution in [1.82, 2.24) is 14.9 Å². The van der Waals surface area contributed by atoms with Gasteiger partial charge in [0.25, 0.3) is 0 Å². The maximum Gasteiger partial charge on any atom is 0.145 e. The smallest absolute Gasteiger partial charge is 0.145 e. The average molecular weight is 336 g/mol. The molecule has 4 atom stereocenters. The summed E-state index contributed by atoms with van der Waals surface area (Å²) >= 11 is 0. The Labute approximate surface area is 147 Å². The van der Waals surface area contributed by atoms with Crippen molar-refractivity contribution in [2.45, 2.75) is 38.6 Å². The van der Waals surface area contributed by atoms with Crippen LogP contribution in [0.25, 0.3) is 16.6 Å². The van der Waals surface area contributed by atoms with E-state index in [1.807, 2.05) is 24.3 Å². The summed E-state index contributed by atoms with van der Waals surface area (Å²) in [5.41, 5.74) is 2.36. The number of H-pyrrole nitrogens is 1. The molecule has 0 unspecified atom stereocenters. The van der Waals surface area contributed by atoms with Gasteiger partial charge < -0.3 is 15.0 Å². The molecule has 0 radical (unpaired) electrons. The number of aromatic amines is 1. The number of aromatic nitrogens is 2. The third-order valence-corrected chi connectivity index (χ3v) is 6.66. The number of amidine groups is 1. The lowest BCUT2D eigenvalue weighted by molar-refractivity contribution is 0.184. The number of hydrogen-bond acceptors (Lipinski definition) is 3. The van der Waals surface area contributed by atoms with Crippen LogP contribution >= 0.6 is 0 Å². The SMILES string of the molecule is C[C@@H]([C@H]1C[C@H]2CC[C@H]1C2)N1CC(O)=C(c2nc3ccccc3[nH]2)C1=N. The van der Waals surface area contributed by atoms with E-state index in [4.69, 9.17) is 5.41 Å². The van der Waals surface area contributed by atoms with E-state index in [1.165, 1.54) is 25.7 Å². The lowest BCUT2D eigenvalue weighted by atomic mass is 9.83. The van der Waals surface area contributed by atoms with Gasteiger partial charge in [0, 0.05) is 6.04 Å². The van der Waals surface area contributed by atoms with Gasteiger partial charge in [-0.25, -0.2) is 4.98 Å². The Balaban J connectivity index is 1.42. The molecule has 2 saturated carbocycles. The van der Waals surface area contributed by atoms with Crippen molar-refractivity contribution < 1.29 is 5.11 Å². The number of fused-ring (bicyclic) bond motifs is 3. The van der Waals surface area contributed by atoms with Crippen molar-refractivity contribution in [3.05, 3.63) is 35.8 Å². The van der Waals surface area contributed by atoms with Crippen molar-refractivity contribution in [1.29, 1.82) is 5.41 Å². The fourth-order valence-corrected chi connectivity index (χ4v) is 5.38. The molecule has 5 rings (SSSR count). The number of nitrogens with one attached hydrogen (secondary N) is 2. The Bertz CT molecular complexity index is 850. The topological polar surface area (TPSA) is 76.0 Å². The van der Waals surface area contributed by atoms with E-state index in [0.717, 1.165) is 22.9 Å². The maximum absolute atomic E-state index is 10.6. The van der Waals surface area contributed by atoms with Gasteiger partial charge in [-0.2, -0.15) is 0 Å². The van der Waals surface area contributed by atoms with E-state index in [0.29, 0.717) is 35.7 Å². The molecular weight excluding hydrogens is 312 g/mol. The van der Waals surface area contributed by atoms with Gasteiger partial charge in [0.1, 0.15) is 17.4 Å². The van der Waals surface area contributed by atoms with Gasteiger partial charge in [-0.05, 0) is 56.1 Å². The molecule has 2 aliphatic carbocycles. The highest BCUT2D eigenvalue weighted by atomic mass is 16.3. The molecule has 5 nitrogen and oxygen atoms in total.